The smallest absolute Gasteiger partial charge is 0.347 e. The van der Waals surface area contributed by atoms with Crippen LogP contribution in [0.3, 0.4) is 0 Å². The second-order valence-corrected chi connectivity index (χ2v) is 8.21. The molecule has 4 aromatic rings. The highest BCUT2D eigenvalue weighted by atomic mass is 16.6. The number of carbonyl (C=O) groups is 1. The van der Waals surface area contributed by atoms with Crippen molar-refractivity contribution in [2.75, 3.05) is 19.5 Å². The van der Waals surface area contributed by atoms with Crippen molar-refractivity contribution in [1.82, 2.24) is 14.5 Å². The van der Waals surface area contributed by atoms with Gasteiger partial charge in [0.1, 0.15) is 28.4 Å². The number of nitrogens with zero attached hydrogens (tertiary/aromatic N) is 3. The highest BCUT2D eigenvalue weighted by Crippen LogP contribution is 2.40. The molecule has 3 heterocycles. The summed E-state index contributed by atoms with van der Waals surface area (Å²) in [6.07, 6.45) is 2.14. The van der Waals surface area contributed by atoms with Crippen molar-refractivity contribution in [2.24, 2.45) is 5.92 Å². The molecular formula is C23H22N4O5. The van der Waals surface area contributed by atoms with E-state index in [9.17, 15) is 4.79 Å². The molecule has 1 saturated carbocycles. The Kier molecular flexibility index (Phi) is 4.24. The van der Waals surface area contributed by atoms with Gasteiger partial charge in [-0.1, -0.05) is 0 Å². The molecule has 1 aliphatic carbocycles. The summed E-state index contributed by atoms with van der Waals surface area (Å²) in [5, 5.41) is 0. The maximum absolute atomic E-state index is 12.2. The molecule has 9 heteroatoms. The van der Waals surface area contributed by atoms with Gasteiger partial charge >= 0.3 is 5.97 Å². The van der Waals surface area contributed by atoms with Crippen molar-refractivity contribution in [3.8, 4) is 22.9 Å². The third kappa shape index (κ3) is 3.12. The zero-order valence-electron chi connectivity index (χ0n) is 17.5. The number of fused-ring (bicyclic) bond motifs is 1. The quantitative estimate of drug-likeness (QED) is 0.474. The largest absolute Gasteiger partial charge is 0.491 e. The SMILES string of the molecule is COC(=O)C(Oc1cc2c3c(c1)nc(-c1ccc4oc(N)nc4c1)n3CCCO2)C1CC1. The van der Waals surface area contributed by atoms with Crippen molar-refractivity contribution >= 4 is 34.1 Å². The lowest BCUT2D eigenvalue weighted by molar-refractivity contribution is -0.149. The van der Waals surface area contributed by atoms with Crippen LogP contribution in [0.5, 0.6) is 11.5 Å². The van der Waals surface area contributed by atoms with Crippen molar-refractivity contribution < 1.29 is 23.4 Å². The van der Waals surface area contributed by atoms with Gasteiger partial charge in [0.25, 0.3) is 6.01 Å². The number of hydrogen-bond acceptors (Lipinski definition) is 8. The van der Waals surface area contributed by atoms with E-state index in [1.165, 1.54) is 7.11 Å². The van der Waals surface area contributed by atoms with E-state index in [0.717, 1.165) is 48.2 Å². The van der Waals surface area contributed by atoms with Gasteiger partial charge in [-0.3, -0.25) is 0 Å². The average molecular weight is 434 g/mol. The van der Waals surface area contributed by atoms with Crippen LogP contribution in [0.25, 0.3) is 33.5 Å². The van der Waals surface area contributed by atoms with E-state index < -0.39 is 6.10 Å². The highest BCUT2D eigenvalue weighted by Gasteiger charge is 2.39. The van der Waals surface area contributed by atoms with Crippen molar-refractivity contribution in [3.05, 3.63) is 30.3 Å². The number of nitrogens with two attached hydrogens (primary N) is 1. The van der Waals surface area contributed by atoms with Gasteiger partial charge in [-0.2, -0.15) is 4.98 Å². The van der Waals surface area contributed by atoms with Crippen LogP contribution in [-0.2, 0) is 16.1 Å². The number of oxazole rings is 1. The van der Waals surface area contributed by atoms with E-state index in [4.69, 9.17) is 29.3 Å². The van der Waals surface area contributed by atoms with Crippen LogP contribution in [-0.4, -0.2) is 40.3 Å². The van der Waals surface area contributed by atoms with Gasteiger partial charge in [-0.15, -0.1) is 0 Å². The van der Waals surface area contributed by atoms with E-state index in [1.807, 2.05) is 30.3 Å². The molecule has 0 spiro atoms. The Hall–Kier alpha value is -3.75. The van der Waals surface area contributed by atoms with Crippen LogP contribution in [0.15, 0.2) is 34.7 Å². The molecule has 1 unspecified atom stereocenters. The van der Waals surface area contributed by atoms with Gasteiger partial charge in [0.2, 0.25) is 0 Å². The van der Waals surface area contributed by atoms with Crippen LogP contribution < -0.4 is 15.2 Å². The lowest BCUT2D eigenvalue weighted by Gasteiger charge is -2.17. The Bertz CT molecular complexity index is 1350. The molecule has 0 radical (unpaired) electrons. The van der Waals surface area contributed by atoms with Crippen molar-refractivity contribution in [1.29, 1.82) is 0 Å². The first-order chi connectivity index (χ1) is 15.6. The number of carbonyl (C=O) groups excluding carboxylic acids is 1. The lowest BCUT2D eigenvalue weighted by Crippen LogP contribution is -2.30. The van der Waals surface area contributed by atoms with E-state index in [2.05, 4.69) is 9.55 Å². The summed E-state index contributed by atoms with van der Waals surface area (Å²) in [7, 11) is 1.38. The van der Waals surface area contributed by atoms with E-state index >= 15 is 0 Å². The normalized spacial score (nSPS) is 16.5. The molecule has 1 aliphatic heterocycles. The Morgan fingerprint density at radius 1 is 1.22 bits per heavy atom. The molecule has 164 valence electrons. The van der Waals surface area contributed by atoms with Gasteiger partial charge in [-0.25, -0.2) is 9.78 Å². The van der Waals surface area contributed by atoms with Crippen LogP contribution in [0.1, 0.15) is 19.3 Å². The molecule has 0 bridgehead atoms. The summed E-state index contributed by atoms with van der Waals surface area (Å²) in [6, 6.07) is 9.55. The summed E-state index contributed by atoms with van der Waals surface area (Å²) >= 11 is 0. The van der Waals surface area contributed by atoms with Crippen LogP contribution in [0, 0.1) is 5.92 Å². The third-order valence-corrected chi connectivity index (χ3v) is 5.97. The number of esters is 1. The monoisotopic (exact) mass is 434 g/mol. The first kappa shape index (κ1) is 19.0. The molecule has 2 aromatic carbocycles. The number of anilines is 1. The first-order valence-corrected chi connectivity index (χ1v) is 10.7. The molecule has 1 fully saturated rings. The molecule has 2 aliphatic rings. The maximum Gasteiger partial charge on any atom is 0.347 e. The number of nitrogen functional groups attached to an aromatic ring is 1. The molecule has 9 nitrogen and oxygen atoms in total. The summed E-state index contributed by atoms with van der Waals surface area (Å²) in [5.74, 6) is 1.88. The molecule has 6 rings (SSSR count). The molecule has 2 N–H and O–H groups in total. The van der Waals surface area contributed by atoms with Crippen LogP contribution >= 0.6 is 0 Å². The lowest BCUT2D eigenvalue weighted by atomic mass is 10.2. The molecular weight excluding hydrogens is 412 g/mol. The Morgan fingerprint density at radius 3 is 2.91 bits per heavy atom. The highest BCUT2D eigenvalue weighted by molar-refractivity contribution is 5.89. The number of hydrogen-bond donors (Lipinski definition) is 1. The Morgan fingerprint density at radius 2 is 2.09 bits per heavy atom. The fourth-order valence-corrected chi connectivity index (χ4v) is 4.31. The van der Waals surface area contributed by atoms with Gasteiger partial charge in [-0.05, 0) is 37.5 Å². The minimum atomic E-state index is -0.614. The predicted octanol–water partition coefficient (Wildman–Crippen LogP) is 3.54. The predicted molar refractivity (Wildman–Crippen MR) is 116 cm³/mol. The van der Waals surface area contributed by atoms with Gasteiger partial charge in [0.15, 0.2) is 11.7 Å². The molecule has 0 saturated heterocycles. The van der Waals surface area contributed by atoms with Crippen molar-refractivity contribution in [2.45, 2.75) is 31.9 Å². The summed E-state index contributed by atoms with van der Waals surface area (Å²) < 4.78 is 24.6. The Balaban J connectivity index is 1.46. The average Bonchev–Trinajstić information content (AvgIpc) is 3.51. The van der Waals surface area contributed by atoms with E-state index in [1.54, 1.807) is 0 Å². The topological polar surface area (TPSA) is 115 Å². The molecule has 1 atom stereocenters. The minimum absolute atomic E-state index is 0.136. The number of imidazole rings is 1. The molecule has 32 heavy (non-hydrogen) atoms. The van der Waals surface area contributed by atoms with Gasteiger partial charge in [0, 0.05) is 30.2 Å². The first-order valence-electron chi connectivity index (χ1n) is 10.7. The minimum Gasteiger partial charge on any atom is -0.491 e. The number of rotatable bonds is 5. The van der Waals surface area contributed by atoms with E-state index in [0.29, 0.717) is 29.2 Å². The summed E-state index contributed by atoms with van der Waals surface area (Å²) in [5.41, 5.74) is 9.57. The number of ether oxygens (including phenoxy) is 3. The number of aryl methyl sites for hydroxylation is 1. The van der Waals surface area contributed by atoms with Crippen LogP contribution in [0.4, 0.5) is 6.01 Å². The second kappa shape index (κ2) is 7.15. The van der Waals surface area contributed by atoms with Crippen molar-refractivity contribution in [3.63, 3.8) is 0 Å². The maximum atomic E-state index is 12.2. The van der Waals surface area contributed by atoms with Crippen LogP contribution in [0.2, 0.25) is 0 Å². The summed E-state index contributed by atoms with van der Waals surface area (Å²) in [4.78, 5) is 21.4. The van der Waals surface area contributed by atoms with Gasteiger partial charge < -0.3 is 28.9 Å². The standard InChI is InChI=1S/C23H22N4O5/c1-29-22(28)20(12-3-4-12)31-14-10-16-19-18(11-14)30-8-2-7-27(19)21(25-16)13-5-6-17-15(9-13)26-23(24)32-17/h5-6,9-12,20H,2-4,7-8H2,1H3,(H2,24,26). The fraction of sp³-hybridized carbons (Fsp3) is 0.348. The summed E-state index contributed by atoms with van der Waals surface area (Å²) in [6.45, 7) is 1.35. The molecule has 0 amide bonds. The number of aromatic nitrogens is 3. The zero-order valence-corrected chi connectivity index (χ0v) is 17.5. The Labute approximate surface area is 183 Å². The number of methoxy groups -OCH3 is 1. The zero-order chi connectivity index (χ0) is 21.8. The third-order valence-electron chi connectivity index (χ3n) is 5.97. The van der Waals surface area contributed by atoms with E-state index in [-0.39, 0.29) is 17.9 Å². The molecule has 2 aromatic heterocycles. The fourth-order valence-electron chi connectivity index (χ4n) is 4.31. The number of benzene rings is 2. The van der Waals surface area contributed by atoms with Gasteiger partial charge in [0.05, 0.1) is 19.2 Å². The second-order valence-electron chi connectivity index (χ2n) is 8.21.